The molecule has 0 unspecified atom stereocenters. The minimum atomic E-state index is -0.520. The van der Waals surface area contributed by atoms with E-state index in [0.29, 0.717) is 13.1 Å². The van der Waals surface area contributed by atoms with E-state index in [1.54, 1.807) is 11.3 Å². The fourth-order valence-corrected chi connectivity index (χ4v) is 4.12. The lowest BCUT2D eigenvalue weighted by molar-refractivity contribution is -0.125. The zero-order chi connectivity index (χ0) is 17.6. The molecule has 2 saturated heterocycles. The highest BCUT2D eigenvalue weighted by atomic mass is 32.1. The van der Waals surface area contributed by atoms with Crippen LogP contribution in [0.5, 0.6) is 0 Å². The number of carbonyl (C=O) groups excluding carboxylic acids is 1. The summed E-state index contributed by atoms with van der Waals surface area (Å²) in [5.41, 5.74) is 2.88. The molecule has 140 valence electrons. The number of thiazole rings is 1. The van der Waals surface area contributed by atoms with Crippen molar-refractivity contribution in [3.8, 4) is 0 Å². The largest absolute Gasteiger partial charge is 0.390 e. The number of hydrogen-bond acceptors (Lipinski definition) is 7. The summed E-state index contributed by atoms with van der Waals surface area (Å²) in [6.45, 7) is 9.84. The highest BCUT2D eigenvalue weighted by Gasteiger charge is 2.29. The van der Waals surface area contributed by atoms with Gasteiger partial charge < -0.3 is 15.3 Å². The van der Waals surface area contributed by atoms with Crippen LogP contribution in [0.4, 0.5) is 0 Å². The van der Waals surface area contributed by atoms with Gasteiger partial charge in [0, 0.05) is 51.2 Å². The summed E-state index contributed by atoms with van der Waals surface area (Å²) in [7, 11) is 0. The Labute approximate surface area is 153 Å². The van der Waals surface area contributed by atoms with Gasteiger partial charge in [0.05, 0.1) is 29.9 Å². The third-order valence-electron chi connectivity index (χ3n) is 5.16. The molecule has 0 aromatic carbocycles. The maximum atomic E-state index is 12.3. The number of aliphatic hydroxyl groups excluding tert-OH is 1. The van der Waals surface area contributed by atoms with Crippen molar-refractivity contribution in [2.24, 2.45) is 0 Å². The average Bonchev–Trinajstić information content (AvgIpc) is 3.11. The Balaban J connectivity index is 1.39. The van der Waals surface area contributed by atoms with Gasteiger partial charge >= 0.3 is 0 Å². The lowest BCUT2D eigenvalue weighted by Gasteiger charge is -2.37. The summed E-state index contributed by atoms with van der Waals surface area (Å²) >= 11 is 1.59. The molecule has 0 aliphatic carbocycles. The number of likely N-dealkylation sites (N-methyl/N-ethyl adjacent to an activating group) is 1. The molecular weight excluding hydrogens is 338 g/mol. The lowest BCUT2D eigenvalue weighted by Crippen LogP contribution is -2.56. The van der Waals surface area contributed by atoms with Crippen molar-refractivity contribution in [2.45, 2.75) is 32.0 Å². The first-order valence-electron chi connectivity index (χ1n) is 9.15. The van der Waals surface area contributed by atoms with Crippen molar-refractivity contribution in [1.29, 1.82) is 0 Å². The number of carbonyl (C=O) groups is 1. The van der Waals surface area contributed by atoms with Gasteiger partial charge in [-0.15, -0.1) is 11.3 Å². The summed E-state index contributed by atoms with van der Waals surface area (Å²) in [4.78, 5) is 23.4. The van der Waals surface area contributed by atoms with Gasteiger partial charge in [0.1, 0.15) is 0 Å². The number of aromatic nitrogens is 1. The summed E-state index contributed by atoms with van der Waals surface area (Å²) < 4.78 is 0. The second-order valence-electron chi connectivity index (χ2n) is 6.96. The number of amides is 1. The van der Waals surface area contributed by atoms with Crippen molar-refractivity contribution >= 4 is 17.2 Å². The first kappa shape index (κ1) is 18.7. The Kier molecular flexibility index (Phi) is 6.77. The van der Waals surface area contributed by atoms with Crippen LogP contribution in [0.1, 0.15) is 19.0 Å². The second kappa shape index (κ2) is 9.05. The molecule has 2 atom stereocenters. The van der Waals surface area contributed by atoms with Crippen LogP contribution < -0.4 is 5.32 Å². The first-order valence-corrected chi connectivity index (χ1v) is 10.1. The van der Waals surface area contributed by atoms with Crippen LogP contribution in [0.15, 0.2) is 10.9 Å². The third-order valence-corrected chi connectivity index (χ3v) is 5.80. The van der Waals surface area contributed by atoms with Crippen LogP contribution in [-0.4, -0.2) is 95.2 Å². The Morgan fingerprint density at radius 1 is 1.28 bits per heavy atom. The van der Waals surface area contributed by atoms with Crippen molar-refractivity contribution in [1.82, 2.24) is 25.0 Å². The van der Waals surface area contributed by atoms with Crippen LogP contribution in [0.3, 0.4) is 0 Å². The fourth-order valence-electron chi connectivity index (χ4n) is 3.57. The van der Waals surface area contributed by atoms with Crippen molar-refractivity contribution in [3.05, 3.63) is 16.6 Å². The van der Waals surface area contributed by atoms with Crippen LogP contribution in [0.2, 0.25) is 0 Å². The van der Waals surface area contributed by atoms with E-state index in [9.17, 15) is 9.90 Å². The van der Waals surface area contributed by atoms with E-state index in [0.717, 1.165) is 57.9 Å². The maximum absolute atomic E-state index is 12.3. The molecule has 2 aliphatic heterocycles. The lowest BCUT2D eigenvalue weighted by atomic mass is 10.0. The van der Waals surface area contributed by atoms with Crippen LogP contribution in [0, 0.1) is 0 Å². The van der Waals surface area contributed by atoms with Gasteiger partial charge in [-0.25, -0.2) is 4.98 Å². The molecule has 0 bridgehead atoms. The highest BCUT2D eigenvalue weighted by molar-refractivity contribution is 7.07. The van der Waals surface area contributed by atoms with E-state index >= 15 is 0 Å². The zero-order valence-electron chi connectivity index (χ0n) is 14.9. The molecule has 0 saturated carbocycles. The number of aliphatic hydroxyl groups is 1. The summed E-state index contributed by atoms with van der Waals surface area (Å²) in [6, 6.07) is -0.142. The molecule has 0 spiro atoms. The zero-order valence-corrected chi connectivity index (χ0v) is 15.7. The number of nitrogens with zero attached hydrogens (tertiary/aromatic N) is 4. The van der Waals surface area contributed by atoms with Gasteiger partial charge in [-0.2, -0.15) is 0 Å². The predicted octanol–water partition coefficient (Wildman–Crippen LogP) is -0.168. The Morgan fingerprint density at radius 3 is 2.68 bits per heavy atom. The normalized spacial score (nSPS) is 26.6. The maximum Gasteiger partial charge on any atom is 0.234 e. The summed E-state index contributed by atoms with van der Waals surface area (Å²) in [5.74, 6) is 0.0296. The second-order valence-corrected chi connectivity index (χ2v) is 7.67. The van der Waals surface area contributed by atoms with Gasteiger partial charge in [0.15, 0.2) is 0 Å². The Bertz CT molecular complexity index is 533. The van der Waals surface area contributed by atoms with Gasteiger partial charge in [0.2, 0.25) is 5.91 Å². The summed E-state index contributed by atoms with van der Waals surface area (Å²) in [6.07, 6.45) is 0.258. The topological polar surface area (TPSA) is 71.9 Å². The third kappa shape index (κ3) is 5.46. The SMILES string of the molecule is CCN1CCN(CC(=O)N[C@@H]2CCN(Cc3cscn3)C[C@H]2O)CC1. The van der Waals surface area contributed by atoms with Crippen LogP contribution in [-0.2, 0) is 11.3 Å². The van der Waals surface area contributed by atoms with E-state index in [4.69, 9.17) is 0 Å². The van der Waals surface area contributed by atoms with E-state index in [-0.39, 0.29) is 11.9 Å². The van der Waals surface area contributed by atoms with E-state index in [1.807, 2.05) is 10.9 Å². The van der Waals surface area contributed by atoms with Gasteiger partial charge in [-0.3, -0.25) is 14.6 Å². The Hall–Kier alpha value is -1.06. The van der Waals surface area contributed by atoms with Gasteiger partial charge in [0.25, 0.3) is 0 Å². The predicted molar refractivity (Wildman–Crippen MR) is 98.5 cm³/mol. The average molecular weight is 368 g/mol. The number of piperazine rings is 1. The van der Waals surface area contributed by atoms with E-state index in [2.05, 4.69) is 31.9 Å². The van der Waals surface area contributed by atoms with Crippen LogP contribution >= 0.6 is 11.3 Å². The summed E-state index contributed by atoms with van der Waals surface area (Å²) in [5, 5.41) is 15.5. The van der Waals surface area contributed by atoms with Crippen molar-refractivity contribution < 1.29 is 9.90 Å². The standard InChI is InChI=1S/C17H29N5O2S/c1-2-20-5-7-21(8-6-20)11-17(24)19-15-3-4-22(10-16(15)23)9-14-12-25-13-18-14/h12-13,15-16,23H,2-11H2,1H3,(H,19,24)/t15-,16-/m1/s1. The number of rotatable bonds is 6. The molecule has 3 rings (SSSR count). The molecule has 2 fully saturated rings. The number of β-amino-alcohol motifs (C(OH)–C–C–N with tert-alkyl or cyclic N) is 1. The van der Waals surface area contributed by atoms with Crippen molar-refractivity contribution in [2.75, 3.05) is 52.4 Å². The molecule has 0 radical (unpaired) electrons. The quantitative estimate of drug-likeness (QED) is 0.728. The first-order chi connectivity index (χ1) is 12.1. The highest BCUT2D eigenvalue weighted by Crippen LogP contribution is 2.15. The number of hydrogen-bond donors (Lipinski definition) is 2. The molecule has 1 aromatic rings. The number of likely N-dealkylation sites (tertiary alicyclic amines) is 1. The number of piperidine rings is 1. The molecule has 3 heterocycles. The van der Waals surface area contributed by atoms with Gasteiger partial charge in [-0.05, 0) is 13.0 Å². The molecule has 1 amide bonds. The number of nitrogens with one attached hydrogen (secondary N) is 1. The van der Waals surface area contributed by atoms with E-state index < -0.39 is 6.10 Å². The van der Waals surface area contributed by atoms with Crippen LogP contribution in [0.25, 0.3) is 0 Å². The smallest absolute Gasteiger partial charge is 0.234 e. The Morgan fingerprint density at radius 2 is 2.04 bits per heavy atom. The molecular formula is C17H29N5O2S. The fraction of sp³-hybridized carbons (Fsp3) is 0.765. The van der Waals surface area contributed by atoms with E-state index in [1.165, 1.54) is 0 Å². The van der Waals surface area contributed by atoms with Gasteiger partial charge in [-0.1, -0.05) is 6.92 Å². The molecule has 1 aromatic heterocycles. The molecule has 2 N–H and O–H groups in total. The molecule has 8 heteroatoms. The minimum Gasteiger partial charge on any atom is -0.390 e. The molecule has 2 aliphatic rings. The van der Waals surface area contributed by atoms with Crippen molar-refractivity contribution in [3.63, 3.8) is 0 Å². The molecule has 25 heavy (non-hydrogen) atoms. The monoisotopic (exact) mass is 367 g/mol. The molecule has 7 nitrogen and oxygen atoms in total. The minimum absolute atomic E-state index is 0.0296.